The van der Waals surface area contributed by atoms with E-state index in [1.54, 1.807) is 0 Å². The Balaban J connectivity index is 4.18. The summed E-state index contributed by atoms with van der Waals surface area (Å²) < 4.78 is 0.00804. The van der Waals surface area contributed by atoms with Crippen LogP contribution in [0.1, 0.15) is 41.0 Å². The molecule has 5 heteroatoms. The minimum absolute atomic E-state index is 0.00804. The normalized spacial score (nSPS) is 13.5. The fourth-order valence-corrected chi connectivity index (χ4v) is 1.86. The molecule has 0 aliphatic rings. The molecule has 0 saturated heterocycles. The molecule has 1 atom stereocenters. The quantitative estimate of drug-likeness (QED) is 0.768. The molecule has 0 radical (unpaired) electrons. The van der Waals surface area contributed by atoms with Crippen LogP contribution in [0.15, 0.2) is 0 Å². The number of carboxylic acids is 1. The number of nitrogens with one attached hydrogen (secondary N) is 1. The van der Waals surface area contributed by atoms with Crippen molar-refractivity contribution in [2.75, 3.05) is 5.75 Å². The van der Waals surface area contributed by atoms with Crippen molar-refractivity contribution in [2.45, 2.75) is 51.8 Å². The van der Waals surface area contributed by atoms with Gasteiger partial charge in [0.15, 0.2) is 0 Å². The molecule has 0 bridgehead atoms. The molecule has 0 aliphatic heterocycles. The van der Waals surface area contributed by atoms with Gasteiger partial charge in [0, 0.05) is 4.75 Å². The first-order chi connectivity index (χ1) is 7.61. The highest BCUT2D eigenvalue weighted by Crippen LogP contribution is 2.22. The Hall–Kier alpha value is -0.710. The van der Waals surface area contributed by atoms with Gasteiger partial charge in [-0.15, -0.1) is 11.8 Å². The first-order valence-electron chi connectivity index (χ1n) is 5.78. The van der Waals surface area contributed by atoms with Crippen LogP contribution in [0.25, 0.3) is 0 Å². The average molecular weight is 261 g/mol. The molecule has 2 N–H and O–H groups in total. The molecule has 4 nitrogen and oxygen atoms in total. The number of amides is 1. The number of aliphatic carboxylic acids is 1. The van der Waals surface area contributed by atoms with E-state index >= 15 is 0 Å². The Kier molecular flexibility index (Phi) is 6.60. The molecule has 0 aliphatic carbocycles. The molecule has 0 saturated carbocycles. The van der Waals surface area contributed by atoms with Gasteiger partial charge in [-0.05, 0) is 12.3 Å². The van der Waals surface area contributed by atoms with Gasteiger partial charge in [-0.2, -0.15) is 0 Å². The summed E-state index contributed by atoms with van der Waals surface area (Å²) in [6.45, 7) is 9.94. The maximum absolute atomic E-state index is 11.6. The van der Waals surface area contributed by atoms with Gasteiger partial charge in [-0.1, -0.05) is 34.6 Å². The van der Waals surface area contributed by atoms with Crippen molar-refractivity contribution >= 4 is 23.6 Å². The van der Waals surface area contributed by atoms with Gasteiger partial charge in [0.25, 0.3) is 0 Å². The highest BCUT2D eigenvalue weighted by molar-refractivity contribution is 8.01. The Labute approximate surface area is 108 Å². The Morgan fingerprint density at radius 2 is 1.82 bits per heavy atom. The molecule has 0 aromatic carbocycles. The van der Waals surface area contributed by atoms with Crippen molar-refractivity contribution in [3.05, 3.63) is 0 Å². The zero-order valence-electron chi connectivity index (χ0n) is 11.2. The largest absolute Gasteiger partial charge is 0.480 e. The van der Waals surface area contributed by atoms with Crippen LogP contribution >= 0.6 is 11.8 Å². The minimum Gasteiger partial charge on any atom is -0.480 e. The second-order valence-electron chi connectivity index (χ2n) is 5.49. The Morgan fingerprint density at radius 3 is 2.18 bits per heavy atom. The molecule has 0 rings (SSSR count). The third kappa shape index (κ3) is 9.03. The van der Waals surface area contributed by atoms with Gasteiger partial charge >= 0.3 is 5.97 Å². The summed E-state index contributed by atoms with van der Waals surface area (Å²) in [6.07, 6.45) is 0.460. The average Bonchev–Trinajstić information content (AvgIpc) is 2.11. The lowest BCUT2D eigenvalue weighted by Gasteiger charge is -2.19. The van der Waals surface area contributed by atoms with Crippen molar-refractivity contribution < 1.29 is 14.7 Å². The molecule has 17 heavy (non-hydrogen) atoms. The number of carbonyl (C=O) groups excluding carboxylic acids is 1. The lowest BCUT2D eigenvalue weighted by molar-refractivity contribution is -0.141. The smallest absolute Gasteiger partial charge is 0.326 e. The van der Waals surface area contributed by atoms with Gasteiger partial charge in [0.05, 0.1) is 5.75 Å². The highest BCUT2D eigenvalue weighted by Gasteiger charge is 2.22. The summed E-state index contributed by atoms with van der Waals surface area (Å²) in [7, 11) is 0. The van der Waals surface area contributed by atoms with Crippen LogP contribution in [0.2, 0.25) is 0 Å². The number of carbonyl (C=O) groups is 2. The number of thioether (sulfide) groups is 1. The summed E-state index contributed by atoms with van der Waals surface area (Å²) in [6, 6.07) is -0.775. The number of hydrogen-bond donors (Lipinski definition) is 2. The third-order valence-corrected chi connectivity index (χ3v) is 3.25. The van der Waals surface area contributed by atoms with Gasteiger partial charge in [-0.25, -0.2) is 4.79 Å². The first-order valence-corrected chi connectivity index (χ1v) is 6.76. The van der Waals surface area contributed by atoms with E-state index in [9.17, 15) is 9.59 Å². The van der Waals surface area contributed by atoms with Crippen LogP contribution in [0.4, 0.5) is 0 Å². The highest BCUT2D eigenvalue weighted by atomic mass is 32.2. The van der Waals surface area contributed by atoms with Crippen molar-refractivity contribution in [3.8, 4) is 0 Å². The standard InChI is InChI=1S/C12H23NO3S/c1-8(2)6-9(11(15)16)13-10(14)7-17-12(3,4)5/h8-9H,6-7H2,1-5H3,(H,13,14)(H,15,16)/t9-/m1/s1. The van der Waals surface area contributed by atoms with Gasteiger partial charge in [0.1, 0.15) is 6.04 Å². The fraction of sp³-hybridized carbons (Fsp3) is 0.833. The van der Waals surface area contributed by atoms with E-state index in [1.807, 2.05) is 34.6 Å². The summed E-state index contributed by atoms with van der Waals surface area (Å²) in [4.78, 5) is 22.5. The van der Waals surface area contributed by atoms with Crippen molar-refractivity contribution in [1.29, 1.82) is 0 Å². The second-order valence-corrected chi connectivity index (χ2v) is 7.29. The molecular weight excluding hydrogens is 238 g/mol. The molecule has 0 heterocycles. The molecular formula is C12H23NO3S. The van der Waals surface area contributed by atoms with Gasteiger partial charge in [-0.3, -0.25) is 4.79 Å². The van der Waals surface area contributed by atoms with E-state index in [-0.39, 0.29) is 16.6 Å². The van der Waals surface area contributed by atoms with Crippen LogP contribution < -0.4 is 5.32 Å². The summed E-state index contributed by atoms with van der Waals surface area (Å²) in [5.74, 6) is -0.636. The van der Waals surface area contributed by atoms with Crippen molar-refractivity contribution in [1.82, 2.24) is 5.32 Å². The molecule has 1 amide bonds. The van der Waals surface area contributed by atoms with E-state index < -0.39 is 12.0 Å². The number of rotatable bonds is 6. The minimum atomic E-state index is -0.965. The van der Waals surface area contributed by atoms with Crippen molar-refractivity contribution in [2.24, 2.45) is 5.92 Å². The van der Waals surface area contributed by atoms with Gasteiger partial charge < -0.3 is 10.4 Å². The molecule has 0 aromatic heterocycles. The second kappa shape index (κ2) is 6.89. The zero-order valence-corrected chi connectivity index (χ0v) is 12.1. The maximum Gasteiger partial charge on any atom is 0.326 e. The molecule has 0 aromatic rings. The summed E-state index contributed by atoms with van der Waals surface area (Å²) in [5.41, 5.74) is 0. The molecule has 0 fully saturated rings. The summed E-state index contributed by atoms with van der Waals surface area (Å²) in [5, 5.41) is 11.5. The maximum atomic E-state index is 11.6. The van der Waals surface area contributed by atoms with E-state index in [4.69, 9.17) is 5.11 Å². The van der Waals surface area contributed by atoms with E-state index in [1.165, 1.54) is 11.8 Å². The van der Waals surface area contributed by atoms with Crippen LogP contribution in [0.5, 0.6) is 0 Å². The monoisotopic (exact) mass is 261 g/mol. The zero-order chi connectivity index (χ0) is 13.6. The number of hydrogen-bond acceptors (Lipinski definition) is 3. The third-order valence-electron chi connectivity index (χ3n) is 1.98. The van der Waals surface area contributed by atoms with E-state index in [0.717, 1.165) is 0 Å². The van der Waals surface area contributed by atoms with Crippen LogP contribution in [-0.4, -0.2) is 33.5 Å². The first kappa shape index (κ1) is 16.3. The van der Waals surface area contributed by atoms with Crippen LogP contribution in [0, 0.1) is 5.92 Å². The fourth-order valence-electron chi connectivity index (χ4n) is 1.21. The SMILES string of the molecule is CC(C)C[C@@H](NC(=O)CSC(C)(C)C)C(=O)O. The van der Waals surface area contributed by atoms with E-state index in [0.29, 0.717) is 12.2 Å². The topological polar surface area (TPSA) is 66.4 Å². The Bertz CT molecular complexity index is 271. The van der Waals surface area contributed by atoms with Crippen LogP contribution in [-0.2, 0) is 9.59 Å². The Morgan fingerprint density at radius 1 is 1.29 bits per heavy atom. The summed E-state index contributed by atoms with van der Waals surface area (Å²) >= 11 is 1.51. The lowest BCUT2D eigenvalue weighted by atomic mass is 10.0. The predicted octanol–water partition coefficient (Wildman–Crippen LogP) is 2.13. The predicted molar refractivity (Wildman–Crippen MR) is 71.2 cm³/mol. The van der Waals surface area contributed by atoms with E-state index in [2.05, 4.69) is 5.32 Å². The molecule has 0 unspecified atom stereocenters. The number of carboxylic acid groups (broad SMARTS) is 1. The van der Waals surface area contributed by atoms with Crippen molar-refractivity contribution in [3.63, 3.8) is 0 Å². The van der Waals surface area contributed by atoms with Crippen LogP contribution in [0.3, 0.4) is 0 Å². The molecule has 0 spiro atoms. The lowest BCUT2D eigenvalue weighted by Crippen LogP contribution is -2.42. The molecule has 100 valence electrons. The van der Waals surface area contributed by atoms with Gasteiger partial charge in [0.2, 0.25) is 5.91 Å².